The van der Waals surface area contributed by atoms with E-state index in [9.17, 15) is 23.9 Å². The van der Waals surface area contributed by atoms with Gasteiger partial charge in [-0.15, -0.1) is 0 Å². The molecule has 0 unspecified atom stereocenters. The summed E-state index contributed by atoms with van der Waals surface area (Å²) in [7, 11) is -5.30. The average molecular weight is 568 g/mol. The maximum absolute atomic E-state index is 11.9. The molecule has 37 heavy (non-hydrogen) atoms. The molecule has 0 aliphatic carbocycles. The zero-order valence-electron chi connectivity index (χ0n) is 21.7. The summed E-state index contributed by atoms with van der Waals surface area (Å²) >= 11 is 0. The molecule has 0 aromatic carbocycles. The molecule has 0 aromatic rings. The van der Waals surface area contributed by atoms with Crippen LogP contribution in [0.3, 0.4) is 0 Å². The van der Waals surface area contributed by atoms with Crippen LogP contribution >= 0.6 is 7.82 Å². The third-order valence-electron chi connectivity index (χ3n) is 3.45. The average Bonchev–Trinajstić information content (AvgIpc) is 2.78. The molecule has 0 heterocycles. The van der Waals surface area contributed by atoms with Gasteiger partial charge in [0.25, 0.3) is 0 Å². The molecule has 0 fully saturated rings. The summed E-state index contributed by atoms with van der Waals surface area (Å²) in [6.45, 7) is 2.38. The number of unbranched alkanes of at least 4 members (excludes halogenated alkanes) is 4. The fourth-order valence-corrected chi connectivity index (χ4v) is 2.36. The molecule has 12 heteroatoms. The summed E-state index contributed by atoms with van der Waals surface area (Å²) in [6.07, 6.45) is 3.33. The van der Waals surface area contributed by atoms with Crippen LogP contribution in [0.5, 0.6) is 0 Å². The fourth-order valence-electron chi connectivity index (χ4n) is 2.01. The molecular weight excluding hydrogens is 519 g/mol. The number of rotatable bonds is 12. The van der Waals surface area contributed by atoms with E-state index in [1.54, 1.807) is 6.92 Å². The first kappa shape index (κ1) is 42.5. The molecule has 0 spiro atoms. The van der Waals surface area contributed by atoms with Gasteiger partial charge in [0, 0.05) is 28.0 Å². The molecular formula is C25H48NNa2O8P. The Morgan fingerprint density at radius 2 is 1.35 bits per heavy atom. The van der Waals surface area contributed by atoms with Crippen LogP contribution in [0, 0.1) is 71.0 Å². The molecule has 9 nitrogen and oxygen atoms in total. The minimum Gasteiger partial charge on any atom is -0.790 e. The van der Waals surface area contributed by atoms with Crippen LogP contribution in [-0.4, -0.2) is 31.3 Å². The van der Waals surface area contributed by atoms with Crippen LogP contribution in [0.15, 0.2) is 0 Å². The van der Waals surface area contributed by atoms with Crippen molar-refractivity contribution in [3.63, 3.8) is 0 Å². The molecule has 0 aliphatic heterocycles. The topological polar surface area (TPSA) is 160 Å². The van der Waals surface area contributed by atoms with Gasteiger partial charge in [-0.05, 0) is 72.5 Å². The number of carbonyl (C=O) groups is 2. The third-order valence-corrected chi connectivity index (χ3v) is 3.92. The van der Waals surface area contributed by atoms with Gasteiger partial charge in [-0.3, -0.25) is 4.79 Å². The van der Waals surface area contributed by atoms with Gasteiger partial charge in [-0.25, -0.2) is 4.79 Å². The predicted molar refractivity (Wildman–Crippen MR) is 148 cm³/mol. The van der Waals surface area contributed by atoms with Crippen LogP contribution in [0.25, 0.3) is 0 Å². The monoisotopic (exact) mass is 567 g/mol. The van der Waals surface area contributed by atoms with Crippen molar-refractivity contribution in [1.82, 2.24) is 6.15 Å². The second kappa shape index (κ2) is 28.9. The fraction of sp³-hybridized carbons (Fsp3) is 0.440. The van der Waals surface area contributed by atoms with E-state index >= 15 is 0 Å². The first-order valence-electron chi connectivity index (χ1n) is 10.2. The molecule has 0 aliphatic rings. The number of phosphoric acid groups is 1. The van der Waals surface area contributed by atoms with Crippen molar-refractivity contribution < 1.29 is 113 Å². The summed E-state index contributed by atoms with van der Waals surface area (Å²) in [6, 6.07) is 0. The molecule has 0 rings (SSSR count). The van der Waals surface area contributed by atoms with E-state index in [0.717, 1.165) is 25.7 Å². The van der Waals surface area contributed by atoms with Gasteiger partial charge in [0.15, 0.2) is 6.10 Å². The number of ether oxygens (including phenoxy) is 2. The third kappa shape index (κ3) is 32.3. The van der Waals surface area contributed by atoms with Gasteiger partial charge < -0.3 is 34.5 Å². The van der Waals surface area contributed by atoms with Crippen LogP contribution in [0.1, 0.15) is 68.1 Å². The number of hydrogen-bond donors (Lipinski definition) is 1. The van der Waals surface area contributed by atoms with E-state index in [-0.39, 0.29) is 87.4 Å². The summed E-state index contributed by atoms with van der Waals surface area (Å²) in [5.41, 5.74) is 0. The van der Waals surface area contributed by atoms with Crippen molar-refractivity contribution >= 4 is 19.8 Å². The van der Waals surface area contributed by atoms with E-state index in [1.165, 1.54) is 0 Å². The van der Waals surface area contributed by atoms with Crippen molar-refractivity contribution in [2.75, 3.05) is 13.2 Å². The minimum atomic E-state index is -5.30. The Kier molecular flexibility index (Phi) is 33.2. The van der Waals surface area contributed by atoms with Crippen molar-refractivity contribution in [1.29, 1.82) is 0 Å². The number of esters is 2. The molecule has 208 valence electrons. The van der Waals surface area contributed by atoms with E-state index in [2.05, 4.69) is 82.5 Å². The van der Waals surface area contributed by atoms with Crippen molar-refractivity contribution in [2.24, 2.45) is 0 Å². The normalized spacial score (nSPS) is 8.86. The molecule has 0 bridgehead atoms. The predicted octanol–water partition coefficient (Wildman–Crippen LogP) is -2.44. The van der Waals surface area contributed by atoms with Crippen LogP contribution in [0.4, 0.5) is 0 Å². The van der Waals surface area contributed by atoms with Crippen molar-refractivity contribution in [3.05, 3.63) is 0 Å². The van der Waals surface area contributed by atoms with E-state index in [1.807, 2.05) is 0 Å². The summed E-state index contributed by atoms with van der Waals surface area (Å²) < 4.78 is 24.7. The molecule has 0 amide bonds. The minimum absolute atomic E-state index is 0. The SMILES string of the molecule is CC#CC#CC#CC#CC#CC#CC(=O)OC[C@H](COP(=O)([O-])[O-])OC(=O)CCCCCCC.N.[HH].[HH].[HH].[HH].[HH].[HH].[HH].[HH].[HH].[HH].[HH].[Na+].[Na+]. The Balaban J connectivity index is -0.0000000598. The summed E-state index contributed by atoms with van der Waals surface area (Å²) in [5.74, 6) is 26.9. The van der Waals surface area contributed by atoms with Gasteiger partial charge >= 0.3 is 71.1 Å². The zero-order valence-corrected chi connectivity index (χ0v) is 26.5. The van der Waals surface area contributed by atoms with Crippen molar-refractivity contribution in [3.8, 4) is 71.0 Å². The van der Waals surface area contributed by atoms with E-state index in [0.29, 0.717) is 6.42 Å². The molecule has 0 aromatic heterocycles. The first-order chi connectivity index (χ1) is 16.3. The molecule has 0 saturated carbocycles. The first-order valence-corrected chi connectivity index (χ1v) is 11.7. The smallest absolute Gasteiger partial charge is 0.790 e. The molecule has 3 N–H and O–H groups in total. The maximum atomic E-state index is 11.9. The van der Waals surface area contributed by atoms with Gasteiger partial charge in [-0.1, -0.05) is 38.5 Å². The van der Waals surface area contributed by atoms with Gasteiger partial charge in [0.1, 0.15) is 6.61 Å². The molecule has 0 radical (unpaired) electrons. The van der Waals surface area contributed by atoms with Gasteiger partial charge in [0.2, 0.25) is 0 Å². The Bertz CT molecular complexity index is 1150. The Labute approximate surface area is 280 Å². The second-order valence-electron chi connectivity index (χ2n) is 6.24. The Morgan fingerprint density at radius 1 is 0.838 bits per heavy atom. The van der Waals surface area contributed by atoms with Crippen LogP contribution in [-0.2, 0) is 28.2 Å². The molecule has 0 saturated heterocycles. The van der Waals surface area contributed by atoms with Gasteiger partial charge in [-0.2, -0.15) is 0 Å². The Hall–Kier alpha value is -1.63. The van der Waals surface area contributed by atoms with Crippen molar-refractivity contribution in [2.45, 2.75) is 58.5 Å². The van der Waals surface area contributed by atoms with Crippen LogP contribution in [0.2, 0.25) is 0 Å². The summed E-state index contributed by atoms with van der Waals surface area (Å²) in [5, 5.41) is 0. The number of carbonyl (C=O) groups excluding carboxylic acids is 2. The largest absolute Gasteiger partial charge is 1.00 e. The second-order valence-corrected chi connectivity index (χ2v) is 7.40. The van der Waals surface area contributed by atoms with E-state index < -0.39 is 39.1 Å². The standard InChI is InChI=1S/C25H25O8P.H3N.2Na.11H2/c1-3-5-7-9-10-11-12-13-14-16-17-19-24(26)31-21-23(22-32-34(28,29)30)33-25(27)20-18-15-8-6-4-2;;;;;;;;;;;;;;/h23H,4,6,8,15,18,20-22H2,1-2H3,(H2,28,29,30);1H3;;;11*1H/q;;2*+1;;;;;;;;;;;/p-2/t23-;;;;;;;;;;;;;;/m1............../s1. The quantitative estimate of drug-likeness (QED) is 0.0675. The van der Waals surface area contributed by atoms with E-state index in [4.69, 9.17) is 9.47 Å². The zero-order chi connectivity index (χ0) is 25.5. The summed E-state index contributed by atoms with van der Waals surface area (Å²) in [4.78, 5) is 45.0. The Morgan fingerprint density at radius 3 is 1.86 bits per heavy atom. The molecule has 1 atom stereocenters. The maximum Gasteiger partial charge on any atom is 1.00 e. The van der Waals surface area contributed by atoms with Gasteiger partial charge in [0.05, 0.1) is 14.4 Å². The number of hydrogen-bond acceptors (Lipinski definition) is 9. The number of phosphoric ester groups is 1. The van der Waals surface area contributed by atoms with Crippen LogP contribution < -0.4 is 75.1 Å².